The lowest BCUT2D eigenvalue weighted by atomic mass is 10.2. The zero-order valence-corrected chi connectivity index (χ0v) is 20.1. The third kappa shape index (κ3) is 9.24. The molecule has 0 spiro atoms. The van der Waals surface area contributed by atoms with Crippen molar-refractivity contribution in [2.45, 2.75) is 6.54 Å². The number of hydrogen-bond donors (Lipinski definition) is 4. The van der Waals surface area contributed by atoms with Crippen molar-refractivity contribution in [2.24, 2.45) is 5.73 Å². The van der Waals surface area contributed by atoms with Gasteiger partial charge in [0.25, 0.3) is 0 Å². The highest BCUT2D eigenvalue weighted by Gasteiger charge is 2.09. The van der Waals surface area contributed by atoms with E-state index >= 15 is 0 Å². The number of nitrogens with zero attached hydrogens (tertiary/aromatic N) is 3. The Balaban J connectivity index is 1.64. The Labute approximate surface area is 205 Å². The molecule has 0 saturated carbocycles. The largest absolute Gasteiger partial charge is 0.497 e. The van der Waals surface area contributed by atoms with Gasteiger partial charge >= 0.3 is 0 Å². The number of anilines is 4. The highest BCUT2D eigenvalue weighted by molar-refractivity contribution is 5.55. The van der Waals surface area contributed by atoms with Gasteiger partial charge in [-0.15, -0.1) is 0 Å². The maximum Gasteiger partial charge on any atom is 0.233 e. The summed E-state index contributed by atoms with van der Waals surface area (Å²) >= 11 is 0. The molecule has 0 radical (unpaired) electrons. The zero-order valence-electron chi connectivity index (χ0n) is 20.1. The van der Waals surface area contributed by atoms with Gasteiger partial charge in [-0.3, -0.25) is 0 Å². The number of rotatable bonds is 16. The molecule has 11 nitrogen and oxygen atoms in total. The van der Waals surface area contributed by atoms with Crippen LogP contribution in [0.4, 0.5) is 23.5 Å². The molecule has 3 rings (SSSR count). The minimum Gasteiger partial charge on any atom is -0.497 e. The van der Waals surface area contributed by atoms with E-state index in [1.807, 2.05) is 48.5 Å². The van der Waals surface area contributed by atoms with Gasteiger partial charge in [0.15, 0.2) is 0 Å². The normalized spacial score (nSPS) is 10.6. The van der Waals surface area contributed by atoms with Crippen LogP contribution in [0.25, 0.3) is 0 Å². The van der Waals surface area contributed by atoms with E-state index in [4.69, 9.17) is 24.7 Å². The van der Waals surface area contributed by atoms with Crippen LogP contribution in [-0.4, -0.2) is 68.7 Å². The number of nitrogens with two attached hydrogens (primary N) is 1. The molecule has 11 heteroatoms. The lowest BCUT2D eigenvalue weighted by molar-refractivity contribution is 0.0547. The summed E-state index contributed by atoms with van der Waals surface area (Å²) in [6.07, 6.45) is 0. The second kappa shape index (κ2) is 14.6. The van der Waals surface area contributed by atoms with Crippen molar-refractivity contribution in [2.75, 3.05) is 69.7 Å². The topological polar surface area (TPSA) is 138 Å². The summed E-state index contributed by atoms with van der Waals surface area (Å²) in [5, 5.41) is 9.64. The van der Waals surface area contributed by atoms with E-state index < -0.39 is 0 Å². The van der Waals surface area contributed by atoms with Gasteiger partial charge in [0, 0.05) is 31.4 Å². The van der Waals surface area contributed by atoms with Crippen molar-refractivity contribution in [1.82, 2.24) is 15.0 Å². The Morgan fingerprint density at radius 3 is 2.03 bits per heavy atom. The molecule has 0 bridgehead atoms. The molecule has 0 aliphatic carbocycles. The van der Waals surface area contributed by atoms with E-state index in [0.29, 0.717) is 75.4 Å². The number of methoxy groups -OCH3 is 2. The summed E-state index contributed by atoms with van der Waals surface area (Å²) in [7, 11) is 3.24. The molecule has 0 aliphatic rings. The van der Waals surface area contributed by atoms with E-state index in [1.165, 1.54) is 0 Å². The summed E-state index contributed by atoms with van der Waals surface area (Å²) in [5.41, 5.74) is 7.22. The lowest BCUT2D eigenvalue weighted by Crippen LogP contribution is -2.17. The van der Waals surface area contributed by atoms with Crippen molar-refractivity contribution >= 4 is 23.5 Å². The number of hydrogen-bond acceptors (Lipinski definition) is 11. The Morgan fingerprint density at radius 1 is 0.743 bits per heavy atom. The van der Waals surface area contributed by atoms with Crippen LogP contribution in [0.5, 0.6) is 11.5 Å². The maximum atomic E-state index is 5.55. The Morgan fingerprint density at radius 2 is 1.37 bits per heavy atom. The second-order valence-corrected chi connectivity index (χ2v) is 7.31. The third-order valence-corrected chi connectivity index (χ3v) is 4.69. The van der Waals surface area contributed by atoms with Gasteiger partial charge in [0.2, 0.25) is 17.8 Å². The Hall–Kier alpha value is -3.67. The van der Waals surface area contributed by atoms with Crippen molar-refractivity contribution in [3.63, 3.8) is 0 Å². The molecule has 0 aliphatic heterocycles. The first-order chi connectivity index (χ1) is 17.2. The van der Waals surface area contributed by atoms with E-state index in [2.05, 4.69) is 30.9 Å². The monoisotopic (exact) mass is 483 g/mol. The van der Waals surface area contributed by atoms with Crippen molar-refractivity contribution in [1.29, 1.82) is 0 Å². The fourth-order valence-corrected chi connectivity index (χ4v) is 3.03. The van der Waals surface area contributed by atoms with Gasteiger partial charge in [-0.1, -0.05) is 18.2 Å². The SMILES string of the molecule is COc1cc(CNc2nc(NCCOCCOCCN)nc(Nc3ccccc3)n2)cc(OC)c1. The third-order valence-electron chi connectivity index (χ3n) is 4.69. The fraction of sp³-hybridized carbons (Fsp3) is 0.375. The van der Waals surface area contributed by atoms with E-state index in [1.54, 1.807) is 14.2 Å². The van der Waals surface area contributed by atoms with Crippen LogP contribution in [-0.2, 0) is 16.0 Å². The summed E-state index contributed by atoms with van der Waals surface area (Å²) in [6.45, 7) is 3.51. The molecule has 35 heavy (non-hydrogen) atoms. The first kappa shape index (κ1) is 25.9. The standard InChI is InChI=1S/C24H33N7O4/c1-32-20-14-18(15-21(16-20)33-2)17-27-23-29-22(26-9-11-35-13-12-34-10-8-25)30-24(31-23)28-19-6-4-3-5-7-19/h3-7,14-16H,8-13,17,25H2,1-2H3,(H3,26,27,28,29,30,31). The van der Waals surface area contributed by atoms with Crippen LogP contribution in [0.1, 0.15) is 5.56 Å². The summed E-state index contributed by atoms with van der Waals surface area (Å²) in [4.78, 5) is 13.5. The molecule has 0 atom stereocenters. The molecule has 2 aromatic carbocycles. The van der Waals surface area contributed by atoms with E-state index in [-0.39, 0.29) is 0 Å². The highest BCUT2D eigenvalue weighted by atomic mass is 16.5. The second-order valence-electron chi connectivity index (χ2n) is 7.31. The molecule has 3 aromatic rings. The average Bonchev–Trinajstić information content (AvgIpc) is 2.89. The minimum atomic E-state index is 0.413. The van der Waals surface area contributed by atoms with Crippen LogP contribution in [0.3, 0.4) is 0 Å². The summed E-state index contributed by atoms with van der Waals surface area (Å²) in [6, 6.07) is 15.4. The molecule has 1 aromatic heterocycles. The predicted octanol–water partition coefficient (Wildman–Crippen LogP) is 2.65. The van der Waals surface area contributed by atoms with Crippen molar-refractivity contribution in [3.8, 4) is 11.5 Å². The molecule has 188 valence electrons. The first-order valence-corrected chi connectivity index (χ1v) is 11.3. The molecule has 1 heterocycles. The minimum absolute atomic E-state index is 0.413. The van der Waals surface area contributed by atoms with Gasteiger partial charge in [-0.2, -0.15) is 15.0 Å². The number of ether oxygens (including phenoxy) is 4. The molecular formula is C24H33N7O4. The van der Waals surface area contributed by atoms with Crippen molar-refractivity contribution < 1.29 is 18.9 Å². The van der Waals surface area contributed by atoms with Gasteiger partial charge in [0.05, 0.1) is 40.6 Å². The smallest absolute Gasteiger partial charge is 0.233 e. The van der Waals surface area contributed by atoms with E-state index in [9.17, 15) is 0 Å². The lowest BCUT2D eigenvalue weighted by Gasteiger charge is -2.13. The zero-order chi connectivity index (χ0) is 24.7. The van der Waals surface area contributed by atoms with Gasteiger partial charge in [-0.05, 0) is 29.8 Å². The summed E-state index contributed by atoms with van der Waals surface area (Å²) < 4.78 is 21.5. The number of nitrogens with one attached hydrogen (secondary N) is 3. The predicted molar refractivity (Wildman–Crippen MR) is 136 cm³/mol. The van der Waals surface area contributed by atoms with Crippen LogP contribution < -0.4 is 31.2 Å². The van der Waals surface area contributed by atoms with Gasteiger partial charge in [0.1, 0.15) is 11.5 Å². The van der Waals surface area contributed by atoms with Crippen LogP contribution in [0.15, 0.2) is 48.5 Å². The molecule has 0 unspecified atom stereocenters. The van der Waals surface area contributed by atoms with Gasteiger partial charge in [-0.25, -0.2) is 0 Å². The highest BCUT2D eigenvalue weighted by Crippen LogP contribution is 2.23. The molecule has 0 saturated heterocycles. The Kier molecular flexibility index (Phi) is 10.8. The molecule has 0 fully saturated rings. The number of para-hydroxylation sites is 1. The van der Waals surface area contributed by atoms with Gasteiger partial charge < -0.3 is 40.6 Å². The molecule has 5 N–H and O–H groups in total. The fourth-order valence-electron chi connectivity index (χ4n) is 3.03. The average molecular weight is 484 g/mol. The van der Waals surface area contributed by atoms with Crippen LogP contribution >= 0.6 is 0 Å². The number of aromatic nitrogens is 3. The summed E-state index contributed by atoms with van der Waals surface area (Å²) in [5.74, 6) is 2.67. The maximum absolute atomic E-state index is 5.55. The molecule has 0 amide bonds. The van der Waals surface area contributed by atoms with E-state index in [0.717, 1.165) is 11.3 Å². The quantitative estimate of drug-likeness (QED) is 0.224. The van der Waals surface area contributed by atoms with Crippen LogP contribution in [0.2, 0.25) is 0 Å². The first-order valence-electron chi connectivity index (χ1n) is 11.3. The van der Waals surface area contributed by atoms with Crippen molar-refractivity contribution in [3.05, 3.63) is 54.1 Å². The Bertz CT molecular complexity index is 1000. The van der Waals surface area contributed by atoms with Crippen LogP contribution in [0, 0.1) is 0 Å². The molecular weight excluding hydrogens is 450 g/mol. The number of benzene rings is 2.